The highest BCUT2D eigenvalue weighted by Crippen LogP contribution is 2.44. The highest BCUT2D eigenvalue weighted by atomic mass is 16.6. The lowest BCUT2D eigenvalue weighted by molar-refractivity contribution is 0.134. The molecule has 5 heteroatoms. The van der Waals surface area contributed by atoms with Crippen LogP contribution in [-0.4, -0.2) is 25.3 Å². The highest BCUT2D eigenvalue weighted by molar-refractivity contribution is 5.98. The quantitative estimate of drug-likeness (QED) is 0.819. The van der Waals surface area contributed by atoms with Crippen molar-refractivity contribution in [3.8, 4) is 16.9 Å². The molecule has 2 aromatic rings. The van der Waals surface area contributed by atoms with E-state index in [-0.39, 0.29) is 6.09 Å². The maximum Gasteiger partial charge on any atom is 0.415 e. The van der Waals surface area contributed by atoms with E-state index in [9.17, 15) is 4.79 Å². The first-order chi connectivity index (χ1) is 12.4. The molecular formula is C21H23NO4. The number of amides is 1. The first kappa shape index (κ1) is 16.9. The van der Waals surface area contributed by atoms with E-state index >= 15 is 0 Å². The normalized spacial score (nSPS) is 18.0. The van der Waals surface area contributed by atoms with Crippen molar-refractivity contribution in [2.75, 3.05) is 18.6 Å². The Morgan fingerprint density at radius 1 is 1.15 bits per heavy atom. The SMILES string of the molecule is COc1cccc(C)c1-c1cc2c(cc1N1C(=O)OCC1(C)C)COC2. The van der Waals surface area contributed by atoms with Crippen molar-refractivity contribution in [2.24, 2.45) is 0 Å². The summed E-state index contributed by atoms with van der Waals surface area (Å²) < 4.78 is 16.6. The summed E-state index contributed by atoms with van der Waals surface area (Å²) in [6.07, 6.45) is -0.317. The highest BCUT2D eigenvalue weighted by Gasteiger charge is 2.42. The van der Waals surface area contributed by atoms with Gasteiger partial charge in [0.1, 0.15) is 12.4 Å². The summed E-state index contributed by atoms with van der Waals surface area (Å²) >= 11 is 0. The number of nitrogens with zero attached hydrogens (tertiary/aromatic N) is 1. The molecule has 1 saturated heterocycles. The van der Waals surface area contributed by atoms with E-state index in [1.54, 1.807) is 12.0 Å². The smallest absolute Gasteiger partial charge is 0.415 e. The van der Waals surface area contributed by atoms with Gasteiger partial charge in [0.15, 0.2) is 0 Å². The van der Waals surface area contributed by atoms with Gasteiger partial charge in [0.25, 0.3) is 0 Å². The molecule has 0 atom stereocenters. The number of cyclic esters (lactones) is 1. The Bertz CT molecular complexity index is 888. The molecule has 136 valence electrons. The summed E-state index contributed by atoms with van der Waals surface area (Å²) in [6.45, 7) is 7.60. The van der Waals surface area contributed by atoms with E-state index in [1.807, 2.05) is 26.0 Å². The summed E-state index contributed by atoms with van der Waals surface area (Å²) in [7, 11) is 1.67. The predicted octanol–water partition coefficient (Wildman–Crippen LogP) is 4.44. The Balaban J connectivity index is 2.00. The van der Waals surface area contributed by atoms with Gasteiger partial charge in [-0.2, -0.15) is 0 Å². The van der Waals surface area contributed by atoms with Crippen molar-refractivity contribution in [1.29, 1.82) is 0 Å². The molecule has 2 aliphatic heterocycles. The number of aryl methyl sites for hydroxylation is 1. The van der Waals surface area contributed by atoms with Gasteiger partial charge < -0.3 is 14.2 Å². The van der Waals surface area contributed by atoms with Crippen molar-refractivity contribution in [3.05, 3.63) is 47.0 Å². The van der Waals surface area contributed by atoms with Crippen molar-refractivity contribution < 1.29 is 19.0 Å². The average Bonchev–Trinajstić information content (AvgIpc) is 3.16. The van der Waals surface area contributed by atoms with Crippen molar-refractivity contribution in [3.63, 3.8) is 0 Å². The molecule has 0 radical (unpaired) electrons. The molecule has 0 unspecified atom stereocenters. The zero-order valence-corrected chi connectivity index (χ0v) is 15.6. The lowest BCUT2D eigenvalue weighted by Gasteiger charge is -2.31. The standard InChI is InChI=1S/C21H23NO4/c1-13-6-5-7-18(24-4)19(13)16-8-14-10-25-11-15(14)9-17(16)22-20(23)26-12-21(22,2)3/h5-9H,10-12H2,1-4H3. The summed E-state index contributed by atoms with van der Waals surface area (Å²) in [6, 6.07) is 10.2. The number of carbonyl (C=O) groups is 1. The minimum Gasteiger partial charge on any atom is -0.496 e. The van der Waals surface area contributed by atoms with Crippen LogP contribution in [0.2, 0.25) is 0 Å². The maximum atomic E-state index is 12.6. The third-order valence-electron chi connectivity index (χ3n) is 5.13. The van der Waals surface area contributed by atoms with Gasteiger partial charge in [0.2, 0.25) is 0 Å². The van der Waals surface area contributed by atoms with Gasteiger partial charge in [-0.05, 0) is 55.7 Å². The van der Waals surface area contributed by atoms with Crippen LogP contribution in [0.4, 0.5) is 10.5 Å². The number of benzene rings is 2. The Morgan fingerprint density at radius 3 is 2.54 bits per heavy atom. The maximum absolute atomic E-state index is 12.6. The van der Waals surface area contributed by atoms with E-state index < -0.39 is 5.54 Å². The van der Waals surface area contributed by atoms with Crippen LogP contribution in [0.1, 0.15) is 30.5 Å². The third-order valence-corrected chi connectivity index (χ3v) is 5.13. The molecule has 26 heavy (non-hydrogen) atoms. The second kappa shape index (κ2) is 6.02. The number of hydrogen-bond acceptors (Lipinski definition) is 4. The Kier molecular flexibility index (Phi) is 3.92. The molecule has 1 fully saturated rings. The number of anilines is 1. The Hall–Kier alpha value is -2.53. The van der Waals surface area contributed by atoms with Gasteiger partial charge in [-0.15, -0.1) is 0 Å². The van der Waals surface area contributed by atoms with E-state index in [2.05, 4.69) is 25.1 Å². The van der Waals surface area contributed by atoms with Crippen molar-refractivity contribution in [2.45, 2.75) is 39.5 Å². The molecule has 4 rings (SSSR count). The van der Waals surface area contributed by atoms with Crippen molar-refractivity contribution >= 4 is 11.8 Å². The number of fused-ring (bicyclic) bond motifs is 1. The van der Waals surface area contributed by atoms with Crippen LogP contribution < -0.4 is 9.64 Å². The molecule has 2 heterocycles. The molecule has 0 aliphatic carbocycles. The van der Waals surface area contributed by atoms with Gasteiger partial charge >= 0.3 is 6.09 Å². The van der Waals surface area contributed by atoms with Gasteiger partial charge in [-0.25, -0.2) is 4.79 Å². The lowest BCUT2D eigenvalue weighted by atomic mass is 9.92. The van der Waals surface area contributed by atoms with E-state index in [0.717, 1.165) is 39.3 Å². The van der Waals surface area contributed by atoms with Crippen LogP contribution in [0.15, 0.2) is 30.3 Å². The summed E-state index contributed by atoms with van der Waals surface area (Å²) in [4.78, 5) is 14.3. The van der Waals surface area contributed by atoms with Gasteiger partial charge in [-0.3, -0.25) is 4.90 Å². The molecule has 0 aromatic heterocycles. The molecule has 0 bridgehead atoms. The van der Waals surface area contributed by atoms with Gasteiger partial charge in [-0.1, -0.05) is 12.1 Å². The number of ether oxygens (including phenoxy) is 3. The van der Waals surface area contributed by atoms with Crippen LogP contribution in [0.25, 0.3) is 11.1 Å². The predicted molar refractivity (Wildman–Crippen MR) is 99.6 cm³/mol. The fourth-order valence-electron chi connectivity index (χ4n) is 3.80. The molecule has 2 aromatic carbocycles. The minimum atomic E-state index is -0.421. The van der Waals surface area contributed by atoms with Gasteiger partial charge in [0.05, 0.1) is 31.5 Å². The molecule has 0 N–H and O–H groups in total. The zero-order valence-electron chi connectivity index (χ0n) is 15.6. The minimum absolute atomic E-state index is 0.317. The Labute approximate surface area is 153 Å². The zero-order chi connectivity index (χ0) is 18.5. The lowest BCUT2D eigenvalue weighted by Crippen LogP contribution is -2.42. The van der Waals surface area contributed by atoms with Crippen LogP contribution >= 0.6 is 0 Å². The summed E-state index contributed by atoms with van der Waals surface area (Å²) in [5.41, 5.74) is 5.75. The summed E-state index contributed by atoms with van der Waals surface area (Å²) in [5, 5.41) is 0. The molecule has 0 spiro atoms. The molecule has 1 amide bonds. The monoisotopic (exact) mass is 353 g/mol. The van der Waals surface area contributed by atoms with Crippen LogP contribution in [-0.2, 0) is 22.7 Å². The van der Waals surface area contributed by atoms with Crippen LogP contribution in [0.5, 0.6) is 5.75 Å². The van der Waals surface area contributed by atoms with E-state index in [4.69, 9.17) is 14.2 Å². The molecule has 5 nitrogen and oxygen atoms in total. The fraction of sp³-hybridized carbons (Fsp3) is 0.381. The first-order valence-electron chi connectivity index (χ1n) is 8.77. The van der Waals surface area contributed by atoms with Crippen LogP contribution in [0.3, 0.4) is 0 Å². The van der Waals surface area contributed by atoms with Crippen molar-refractivity contribution in [1.82, 2.24) is 0 Å². The molecule has 2 aliphatic rings. The summed E-state index contributed by atoms with van der Waals surface area (Å²) in [5.74, 6) is 0.787. The second-order valence-corrected chi connectivity index (χ2v) is 7.49. The van der Waals surface area contributed by atoms with E-state index in [1.165, 1.54) is 0 Å². The second-order valence-electron chi connectivity index (χ2n) is 7.49. The topological polar surface area (TPSA) is 48.0 Å². The largest absolute Gasteiger partial charge is 0.496 e. The fourth-order valence-corrected chi connectivity index (χ4v) is 3.80. The third kappa shape index (κ3) is 2.54. The van der Waals surface area contributed by atoms with E-state index in [0.29, 0.717) is 19.8 Å². The van der Waals surface area contributed by atoms with Crippen LogP contribution in [0, 0.1) is 6.92 Å². The molecule has 0 saturated carbocycles. The average molecular weight is 353 g/mol. The number of rotatable bonds is 3. The number of methoxy groups -OCH3 is 1. The first-order valence-corrected chi connectivity index (χ1v) is 8.77. The Morgan fingerprint density at radius 2 is 1.88 bits per heavy atom. The molecular weight excluding hydrogens is 330 g/mol. The van der Waals surface area contributed by atoms with Gasteiger partial charge in [0, 0.05) is 11.1 Å². The number of carbonyl (C=O) groups excluding carboxylic acids is 1. The number of hydrogen-bond donors (Lipinski definition) is 0.